The van der Waals surface area contributed by atoms with Gasteiger partial charge in [0, 0.05) is 27.1 Å². The quantitative estimate of drug-likeness (QED) is 0.295. The van der Waals surface area contributed by atoms with E-state index in [0.29, 0.717) is 37.5 Å². The molecular formula is C38H50N2O8. The third kappa shape index (κ3) is 12.7. The number of rotatable bonds is 2. The van der Waals surface area contributed by atoms with Gasteiger partial charge in [0.15, 0.2) is 23.2 Å². The maximum Gasteiger partial charge on any atom is 0.360 e. The molecular weight excluding hydrogens is 612 g/mol. The van der Waals surface area contributed by atoms with Crippen molar-refractivity contribution in [2.45, 2.75) is 91.6 Å². The molecule has 0 unspecified atom stereocenters. The molecule has 0 aliphatic carbocycles. The molecule has 0 aromatic carbocycles. The average Bonchev–Trinajstić information content (AvgIpc) is 3.70. The molecule has 10 heteroatoms. The van der Waals surface area contributed by atoms with Crippen molar-refractivity contribution in [3.8, 4) is 0 Å². The standard InChI is InChI=1S/C38H50N2O8/c1-37(2,3)31-21-17-13-9-11-15-19-28(44-8)24-34-40-30(26-46-34)36(42)48-32(38(4,5)6)22-18-14-10-12-16-20-27(43-7)23-33-39-29(25-45-33)35(41)47-31/h9-20,25-28,31-32H,21-24H2,1-8H3/b11-9-,12-10-,17-13-,18-14-,19-15+,20-16+/t27-,28-,31-,32-/m0/s1. The zero-order valence-corrected chi connectivity index (χ0v) is 29.4. The maximum absolute atomic E-state index is 13.0. The molecule has 0 fully saturated rings. The molecule has 3 rings (SSSR count). The number of hydrogen-bond donors (Lipinski definition) is 0. The van der Waals surface area contributed by atoms with Gasteiger partial charge in [-0.25, -0.2) is 19.6 Å². The van der Waals surface area contributed by atoms with Crippen molar-refractivity contribution in [2.75, 3.05) is 14.2 Å². The van der Waals surface area contributed by atoms with Crippen LogP contribution in [0.5, 0.6) is 0 Å². The predicted octanol–water partition coefficient (Wildman–Crippen LogP) is 7.75. The third-order valence-electron chi connectivity index (χ3n) is 7.60. The number of carbonyl (C=O) groups is 2. The molecule has 10 nitrogen and oxygen atoms in total. The zero-order valence-electron chi connectivity index (χ0n) is 29.4. The van der Waals surface area contributed by atoms with Crippen molar-refractivity contribution in [1.29, 1.82) is 0 Å². The first-order valence-electron chi connectivity index (χ1n) is 16.2. The van der Waals surface area contributed by atoms with Crippen LogP contribution in [0, 0.1) is 10.8 Å². The molecule has 260 valence electrons. The van der Waals surface area contributed by atoms with Crippen molar-refractivity contribution in [3.05, 3.63) is 109 Å². The van der Waals surface area contributed by atoms with Crippen LogP contribution in [0.25, 0.3) is 0 Å². The first kappa shape index (κ1) is 38.2. The minimum Gasteiger partial charge on any atom is -0.457 e. The molecule has 1 aliphatic heterocycles. The summed E-state index contributed by atoms with van der Waals surface area (Å²) >= 11 is 0. The molecule has 4 atom stereocenters. The Balaban J connectivity index is 1.82. The van der Waals surface area contributed by atoms with E-state index in [4.69, 9.17) is 27.8 Å². The van der Waals surface area contributed by atoms with Gasteiger partial charge in [0.25, 0.3) is 0 Å². The molecule has 2 aromatic rings. The van der Waals surface area contributed by atoms with E-state index in [2.05, 4.69) is 9.97 Å². The lowest BCUT2D eigenvalue weighted by Crippen LogP contribution is -2.31. The van der Waals surface area contributed by atoms with Crippen LogP contribution in [0.4, 0.5) is 0 Å². The number of cyclic esters (lactones) is 2. The van der Waals surface area contributed by atoms with Crippen molar-refractivity contribution in [2.24, 2.45) is 10.8 Å². The van der Waals surface area contributed by atoms with Gasteiger partial charge < -0.3 is 27.8 Å². The largest absolute Gasteiger partial charge is 0.457 e. The highest BCUT2D eigenvalue weighted by Gasteiger charge is 2.30. The van der Waals surface area contributed by atoms with Crippen LogP contribution in [0.1, 0.15) is 87.1 Å². The van der Waals surface area contributed by atoms with Gasteiger partial charge in [-0.15, -0.1) is 0 Å². The van der Waals surface area contributed by atoms with Gasteiger partial charge in [0.05, 0.1) is 25.0 Å². The summed E-state index contributed by atoms with van der Waals surface area (Å²) in [4.78, 5) is 34.7. The summed E-state index contributed by atoms with van der Waals surface area (Å²) in [5.74, 6) is -0.341. The summed E-state index contributed by atoms with van der Waals surface area (Å²) in [5, 5.41) is 0. The monoisotopic (exact) mass is 662 g/mol. The molecule has 3 heterocycles. The fourth-order valence-electron chi connectivity index (χ4n) is 4.53. The molecule has 4 bridgehead atoms. The Morgan fingerprint density at radius 1 is 0.604 bits per heavy atom. The van der Waals surface area contributed by atoms with Crippen molar-refractivity contribution >= 4 is 11.9 Å². The van der Waals surface area contributed by atoms with E-state index in [0.717, 1.165) is 0 Å². The van der Waals surface area contributed by atoms with E-state index in [1.807, 2.05) is 114 Å². The summed E-state index contributed by atoms with van der Waals surface area (Å²) in [6, 6.07) is 0. The highest BCUT2D eigenvalue weighted by Crippen LogP contribution is 2.28. The molecule has 0 spiro atoms. The fraction of sp³-hybridized carbons (Fsp3) is 0.474. The molecule has 2 aromatic heterocycles. The Bertz CT molecular complexity index is 1380. The van der Waals surface area contributed by atoms with Gasteiger partial charge in [-0.1, -0.05) is 114 Å². The van der Waals surface area contributed by atoms with Gasteiger partial charge in [0.1, 0.15) is 24.7 Å². The Labute approximate surface area is 284 Å². The number of esters is 2. The summed E-state index contributed by atoms with van der Waals surface area (Å²) in [6.07, 6.45) is 25.6. The Morgan fingerprint density at radius 3 is 1.33 bits per heavy atom. The van der Waals surface area contributed by atoms with E-state index in [1.165, 1.54) is 12.5 Å². The average molecular weight is 663 g/mol. The van der Waals surface area contributed by atoms with Crippen molar-refractivity contribution in [3.63, 3.8) is 0 Å². The van der Waals surface area contributed by atoms with Crippen LogP contribution in [0.15, 0.2) is 94.3 Å². The Hall–Kier alpha value is -4.28. The minimum atomic E-state index is -0.539. The molecule has 1 aliphatic rings. The third-order valence-corrected chi connectivity index (χ3v) is 7.60. The molecule has 0 amide bonds. The van der Waals surface area contributed by atoms with Crippen LogP contribution >= 0.6 is 0 Å². The maximum atomic E-state index is 13.0. The second-order valence-corrected chi connectivity index (χ2v) is 13.6. The number of allylic oxidation sites excluding steroid dienone is 8. The first-order valence-corrected chi connectivity index (χ1v) is 16.2. The molecule has 0 saturated carbocycles. The molecule has 0 radical (unpaired) electrons. The Morgan fingerprint density at radius 2 is 0.979 bits per heavy atom. The summed E-state index contributed by atoms with van der Waals surface area (Å²) in [6.45, 7) is 12.1. The van der Waals surface area contributed by atoms with Crippen LogP contribution in [-0.2, 0) is 31.8 Å². The highest BCUT2D eigenvalue weighted by molar-refractivity contribution is 5.87. The lowest BCUT2D eigenvalue weighted by molar-refractivity contribution is -0.00249. The van der Waals surface area contributed by atoms with E-state index in [-0.39, 0.29) is 46.6 Å². The lowest BCUT2D eigenvalue weighted by atomic mass is 9.87. The van der Waals surface area contributed by atoms with Crippen molar-refractivity contribution < 1.29 is 37.4 Å². The van der Waals surface area contributed by atoms with E-state index in [1.54, 1.807) is 14.2 Å². The van der Waals surface area contributed by atoms with Crippen LogP contribution in [0.2, 0.25) is 0 Å². The summed E-state index contributed by atoms with van der Waals surface area (Å²) in [7, 11) is 3.19. The van der Waals surface area contributed by atoms with E-state index < -0.39 is 11.9 Å². The number of methoxy groups -OCH3 is 2. The first-order chi connectivity index (χ1) is 22.8. The molecule has 0 saturated heterocycles. The Kier molecular flexibility index (Phi) is 14.6. The number of nitrogens with zero attached hydrogens (tertiary/aromatic N) is 2. The van der Waals surface area contributed by atoms with Gasteiger partial charge >= 0.3 is 11.9 Å². The number of fused-ring (bicyclic) bond motifs is 4. The van der Waals surface area contributed by atoms with Crippen molar-refractivity contribution in [1.82, 2.24) is 9.97 Å². The highest BCUT2D eigenvalue weighted by atomic mass is 16.6. The lowest BCUT2D eigenvalue weighted by Gasteiger charge is -2.29. The summed E-state index contributed by atoms with van der Waals surface area (Å²) in [5.41, 5.74) is -0.380. The normalized spacial score (nSPS) is 26.8. The molecule has 48 heavy (non-hydrogen) atoms. The summed E-state index contributed by atoms with van der Waals surface area (Å²) < 4.78 is 34.0. The van der Waals surface area contributed by atoms with Crippen LogP contribution in [-0.4, -0.2) is 60.5 Å². The minimum absolute atomic E-state index is 0.115. The second-order valence-electron chi connectivity index (χ2n) is 13.6. The molecule has 0 N–H and O–H groups in total. The number of hydrogen-bond acceptors (Lipinski definition) is 10. The topological polar surface area (TPSA) is 123 Å². The number of aromatic nitrogens is 2. The van der Waals surface area contributed by atoms with Gasteiger partial charge in [-0.3, -0.25) is 0 Å². The van der Waals surface area contributed by atoms with Crippen LogP contribution in [0.3, 0.4) is 0 Å². The number of carbonyl (C=O) groups excluding carboxylic acids is 2. The number of ether oxygens (including phenoxy) is 4. The van der Waals surface area contributed by atoms with Gasteiger partial charge in [-0.2, -0.15) is 0 Å². The van der Waals surface area contributed by atoms with E-state index >= 15 is 0 Å². The van der Waals surface area contributed by atoms with Gasteiger partial charge in [-0.05, 0) is 10.8 Å². The van der Waals surface area contributed by atoms with Crippen LogP contribution < -0.4 is 0 Å². The number of oxazole rings is 2. The smallest absolute Gasteiger partial charge is 0.360 e. The fourth-order valence-corrected chi connectivity index (χ4v) is 4.53. The SMILES string of the molecule is CO[C@H]1/C=C/C=C\C=C/C[C@@H](C(C)(C)C)OC(=O)c2coc(n2)C[C@@H](OC)/C=C/C=C\C=C/C[C@@H](C(C)(C)C)OC(=O)c2coc(n2)C1. The van der Waals surface area contributed by atoms with E-state index in [9.17, 15) is 9.59 Å². The van der Waals surface area contributed by atoms with Gasteiger partial charge in [0.2, 0.25) is 0 Å². The predicted molar refractivity (Wildman–Crippen MR) is 183 cm³/mol. The second kappa shape index (κ2) is 18.3. The zero-order chi connectivity index (χ0) is 35.2.